The van der Waals surface area contributed by atoms with E-state index in [-0.39, 0.29) is 11.3 Å². The third-order valence-corrected chi connectivity index (χ3v) is 9.28. The van der Waals surface area contributed by atoms with E-state index in [2.05, 4.69) is 19.9 Å². The first-order valence-corrected chi connectivity index (χ1v) is 10.1. The van der Waals surface area contributed by atoms with Crippen molar-refractivity contribution >= 4 is 0 Å². The lowest BCUT2D eigenvalue weighted by Gasteiger charge is -2.61. The van der Waals surface area contributed by atoms with Gasteiger partial charge in [-0.05, 0) is 79.4 Å². The monoisotopic (exact) mass is 329 g/mol. The van der Waals surface area contributed by atoms with Gasteiger partial charge in [-0.1, -0.05) is 13.8 Å². The molecule has 0 spiro atoms. The van der Waals surface area contributed by atoms with Gasteiger partial charge in [0.15, 0.2) is 0 Å². The fourth-order valence-electron chi connectivity index (χ4n) is 8.05. The summed E-state index contributed by atoms with van der Waals surface area (Å²) in [6, 6.07) is 2.65. The molecule has 0 bridgehead atoms. The first-order chi connectivity index (χ1) is 11.5. The van der Waals surface area contributed by atoms with E-state index in [1.807, 2.05) is 7.11 Å². The average Bonchev–Trinajstić information content (AvgIpc) is 3.21. The molecule has 24 heavy (non-hydrogen) atoms. The van der Waals surface area contributed by atoms with Crippen molar-refractivity contribution in [1.82, 2.24) is 0 Å². The molecule has 1 saturated heterocycles. The highest BCUT2D eigenvalue weighted by Gasteiger charge is 2.66. The van der Waals surface area contributed by atoms with Crippen molar-refractivity contribution < 1.29 is 9.47 Å². The van der Waals surface area contributed by atoms with Crippen LogP contribution in [0.25, 0.3) is 0 Å². The zero-order chi connectivity index (χ0) is 16.7. The Kier molecular flexibility index (Phi) is 3.25. The Morgan fingerprint density at radius 1 is 1.04 bits per heavy atom. The van der Waals surface area contributed by atoms with Gasteiger partial charge in [0.1, 0.15) is 0 Å². The molecule has 10 unspecified atom stereocenters. The fourth-order valence-corrected chi connectivity index (χ4v) is 8.05. The molecule has 1 heterocycles. The van der Waals surface area contributed by atoms with E-state index in [4.69, 9.17) is 9.47 Å². The van der Waals surface area contributed by atoms with Crippen LogP contribution in [0.2, 0.25) is 0 Å². The topological polar surface area (TPSA) is 45.5 Å². The van der Waals surface area contributed by atoms with Gasteiger partial charge in [0.2, 0.25) is 0 Å². The number of methoxy groups -OCH3 is 1. The molecule has 132 valence electrons. The van der Waals surface area contributed by atoms with E-state index in [0.717, 1.165) is 30.6 Å². The standard InChI is InChI=1S/C21H31NO2/c1-20-10-18(23-3)19-14(15(20)7-5-13(20)11-22)6-4-12-8-16-17(24-16)9-21(12,19)2/h12-19H,4-10H2,1-3H3. The van der Waals surface area contributed by atoms with Crippen LogP contribution < -0.4 is 0 Å². The largest absolute Gasteiger partial charge is 0.381 e. The van der Waals surface area contributed by atoms with Crippen molar-refractivity contribution in [2.45, 2.75) is 77.1 Å². The molecule has 10 atom stereocenters. The predicted octanol–water partition coefficient (Wildman–Crippen LogP) is 4.17. The third-order valence-electron chi connectivity index (χ3n) is 9.28. The Morgan fingerprint density at radius 3 is 2.62 bits per heavy atom. The van der Waals surface area contributed by atoms with Gasteiger partial charge in [-0.25, -0.2) is 0 Å². The lowest BCUT2D eigenvalue weighted by molar-refractivity contribution is -0.172. The lowest BCUT2D eigenvalue weighted by Crippen LogP contribution is -2.59. The highest BCUT2D eigenvalue weighted by atomic mass is 16.6. The van der Waals surface area contributed by atoms with Crippen molar-refractivity contribution in [3.05, 3.63) is 0 Å². The summed E-state index contributed by atoms with van der Waals surface area (Å²) in [7, 11) is 1.91. The maximum atomic E-state index is 9.70. The minimum atomic E-state index is 0.174. The Balaban J connectivity index is 1.53. The number of nitrogens with zero attached hydrogens (tertiary/aromatic N) is 1. The molecule has 5 fully saturated rings. The Morgan fingerprint density at radius 2 is 1.88 bits per heavy atom. The maximum Gasteiger partial charge on any atom is 0.0847 e. The number of fused-ring (bicyclic) bond motifs is 6. The molecule has 1 aliphatic heterocycles. The van der Waals surface area contributed by atoms with Crippen molar-refractivity contribution in [2.75, 3.05) is 7.11 Å². The molecule has 0 N–H and O–H groups in total. The number of hydrogen-bond donors (Lipinski definition) is 0. The summed E-state index contributed by atoms with van der Waals surface area (Å²) in [6.45, 7) is 4.95. The van der Waals surface area contributed by atoms with Crippen LogP contribution in [-0.2, 0) is 9.47 Å². The van der Waals surface area contributed by atoms with E-state index in [0.29, 0.717) is 29.6 Å². The first-order valence-electron chi connectivity index (χ1n) is 10.1. The Labute approximate surface area is 146 Å². The van der Waals surface area contributed by atoms with Gasteiger partial charge in [-0.15, -0.1) is 0 Å². The predicted molar refractivity (Wildman–Crippen MR) is 91.1 cm³/mol. The molecule has 5 rings (SSSR count). The molecule has 4 aliphatic carbocycles. The summed E-state index contributed by atoms with van der Waals surface area (Å²) in [4.78, 5) is 0. The van der Waals surface area contributed by atoms with Gasteiger partial charge in [0.25, 0.3) is 0 Å². The molecule has 5 aliphatic rings. The van der Waals surface area contributed by atoms with Gasteiger partial charge in [0.05, 0.1) is 30.3 Å². The molecule has 0 aromatic rings. The normalized spacial score (nSPS) is 61.1. The summed E-state index contributed by atoms with van der Waals surface area (Å²) in [5.41, 5.74) is 0.556. The van der Waals surface area contributed by atoms with Gasteiger partial charge < -0.3 is 9.47 Å². The van der Waals surface area contributed by atoms with Crippen LogP contribution in [0.5, 0.6) is 0 Å². The quantitative estimate of drug-likeness (QED) is 0.678. The van der Waals surface area contributed by atoms with Crippen LogP contribution >= 0.6 is 0 Å². The van der Waals surface area contributed by atoms with Crippen LogP contribution in [0.15, 0.2) is 0 Å². The summed E-state index contributed by atoms with van der Waals surface area (Å²) in [5.74, 6) is 3.20. The van der Waals surface area contributed by atoms with E-state index in [1.54, 1.807) is 0 Å². The first kappa shape index (κ1) is 15.6. The Hall–Kier alpha value is -0.590. The van der Waals surface area contributed by atoms with Gasteiger partial charge >= 0.3 is 0 Å². The minimum absolute atomic E-state index is 0.174. The van der Waals surface area contributed by atoms with Crippen LogP contribution in [0, 0.1) is 51.8 Å². The smallest absolute Gasteiger partial charge is 0.0847 e. The number of epoxide rings is 1. The molecule has 3 nitrogen and oxygen atoms in total. The molecule has 0 aromatic carbocycles. The lowest BCUT2D eigenvalue weighted by atomic mass is 9.44. The number of hydrogen-bond acceptors (Lipinski definition) is 3. The summed E-state index contributed by atoms with van der Waals surface area (Å²) >= 11 is 0. The molecule has 0 aromatic heterocycles. The molecule has 0 radical (unpaired) electrons. The maximum absolute atomic E-state index is 9.70. The number of rotatable bonds is 1. The van der Waals surface area contributed by atoms with Crippen LogP contribution in [-0.4, -0.2) is 25.4 Å². The molecule has 3 heteroatoms. The van der Waals surface area contributed by atoms with Crippen molar-refractivity contribution in [2.24, 2.45) is 40.4 Å². The summed E-state index contributed by atoms with van der Waals surface area (Å²) in [5, 5.41) is 9.70. The average molecular weight is 329 g/mol. The SMILES string of the molecule is COC1CC2(C)C(C#N)CCC2C2CCC3CC4OC4CC3(C)C12. The number of nitriles is 1. The van der Waals surface area contributed by atoms with E-state index >= 15 is 0 Å². The second-order valence-corrected chi connectivity index (χ2v) is 9.97. The van der Waals surface area contributed by atoms with Crippen molar-refractivity contribution in [3.63, 3.8) is 0 Å². The van der Waals surface area contributed by atoms with Crippen LogP contribution in [0.4, 0.5) is 0 Å². The third kappa shape index (κ3) is 1.85. The summed E-state index contributed by atoms with van der Waals surface area (Å²) < 4.78 is 12.1. The van der Waals surface area contributed by atoms with E-state index in [9.17, 15) is 5.26 Å². The highest BCUT2D eigenvalue weighted by molar-refractivity contribution is 5.16. The fraction of sp³-hybridized carbons (Fsp3) is 0.952. The zero-order valence-electron chi connectivity index (χ0n) is 15.3. The molecular formula is C21H31NO2. The Bertz CT molecular complexity index is 585. The molecular weight excluding hydrogens is 298 g/mol. The number of ether oxygens (including phenoxy) is 2. The molecule has 4 saturated carbocycles. The minimum Gasteiger partial charge on any atom is -0.381 e. The zero-order valence-corrected chi connectivity index (χ0v) is 15.3. The van der Waals surface area contributed by atoms with Crippen LogP contribution in [0.1, 0.15) is 58.8 Å². The van der Waals surface area contributed by atoms with Gasteiger partial charge in [-0.3, -0.25) is 0 Å². The summed E-state index contributed by atoms with van der Waals surface area (Å²) in [6.07, 6.45) is 10.1. The van der Waals surface area contributed by atoms with E-state index in [1.165, 1.54) is 32.1 Å². The second kappa shape index (κ2) is 4.98. The van der Waals surface area contributed by atoms with Crippen molar-refractivity contribution in [1.29, 1.82) is 5.26 Å². The molecule has 0 amide bonds. The van der Waals surface area contributed by atoms with Crippen LogP contribution in [0.3, 0.4) is 0 Å². The van der Waals surface area contributed by atoms with Gasteiger partial charge in [-0.2, -0.15) is 5.26 Å². The van der Waals surface area contributed by atoms with Crippen molar-refractivity contribution in [3.8, 4) is 6.07 Å². The van der Waals surface area contributed by atoms with E-state index < -0.39 is 0 Å². The van der Waals surface area contributed by atoms with Gasteiger partial charge in [0, 0.05) is 7.11 Å². The highest BCUT2D eigenvalue weighted by Crippen LogP contribution is 2.69. The second-order valence-electron chi connectivity index (χ2n) is 9.97.